The third-order valence-electron chi connectivity index (χ3n) is 5.27. The third kappa shape index (κ3) is 7.82. The van der Waals surface area contributed by atoms with E-state index in [0.29, 0.717) is 12.1 Å². The summed E-state index contributed by atoms with van der Waals surface area (Å²) in [4.78, 5) is 38.0. The molecule has 1 aromatic carbocycles. The minimum atomic E-state index is -0.724. The fraction of sp³-hybridized carbons (Fsp3) is 0.625. The van der Waals surface area contributed by atoms with E-state index in [9.17, 15) is 19.5 Å². The van der Waals surface area contributed by atoms with E-state index < -0.39 is 17.8 Å². The molecule has 0 aliphatic carbocycles. The first kappa shape index (κ1) is 25.6. The first-order chi connectivity index (χ1) is 14.8. The van der Waals surface area contributed by atoms with E-state index in [1.807, 2.05) is 12.1 Å². The predicted molar refractivity (Wildman–Crippen MR) is 122 cm³/mol. The number of aliphatic hydroxyl groups is 1. The minimum Gasteiger partial charge on any atom is -0.444 e. The van der Waals surface area contributed by atoms with Gasteiger partial charge in [-0.05, 0) is 43.9 Å². The standard InChI is InChI=1S/C24H37N3O5/c1-23(2,3)18-9-7-16(8-10-18)21(30)25-12-11-20(29)26-13-17-14-27(15-19(17)28)22(31)32-24(4,5)6/h7-10,17,19,28H,11-15H2,1-6H3,(H,25,30)(H,26,29)/t17-,19+/m0/s1. The topological polar surface area (TPSA) is 108 Å². The Kier molecular flexibility index (Phi) is 8.29. The maximum Gasteiger partial charge on any atom is 0.410 e. The van der Waals surface area contributed by atoms with Crippen LogP contribution in [0.5, 0.6) is 0 Å². The molecule has 178 valence electrons. The number of likely N-dealkylation sites (tertiary alicyclic amines) is 1. The average molecular weight is 448 g/mol. The van der Waals surface area contributed by atoms with Crippen LogP contribution in [0.25, 0.3) is 0 Å². The molecule has 0 saturated carbocycles. The summed E-state index contributed by atoms with van der Waals surface area (Å²) in [5, 5.41) is 15.7. The van der Waals surface area contributed by atoms with Crippen LogP contribution in [-0.2, 0) is 14.9 Å². The minimum absolute atomic E-state index is 0.0178. The highest BCUT2D eigenvalue weighted by molar-refractivity contribution is 5.94. The number of nitrogens with zero attached hydrogens (tertiary/aromatic N) is 1. The molecule has 32 heavy (non-hydrogen) atoms. The molecule has 8 nitrogen and oxygen atoms in total. The number of carbonyl (C=O) groups is 3. The lowest BCUT2D eigenvalue weighted by Gasteiger charge is -2.24. The number of aliphatic hydroxyl groups excluding tert-OH is 1. The summed E-state index contributed by atoms with van der Waals surface area (Å²) in [7, 11) is 0. The number of rotatable bonds is 6. The number of hydrogen-bond donors (Lipinski definition) is 3. The highest BCUT2D eigenvalue weighted by Gasteiger charge is 2.36. The van der Waals surface area contributed by atoms with Crippen molar-refractivity contribution in [1.82, 2.24) is 15.5 Å². The van der Waals surface area contributed by atoms with Crippen molar-refractivity contribution >= 4 is 17.9 Å². The number of β-amino-alcohol motifs (C(OH)–C–C–N with tert-alkyl or cyclic N) is 1. The van der Waals surface area contributed by atoms with E-state index in [0.717, 1.165) is 5.56 Å². The summed E-state index contributed by atoms with van der Waals surface area (Å²) < 4.78 is 5.33. The van der Waals surface area contributed by atoms with E-state index in [1.54, 1.807) is 32.9 Å². The van der Waals surface area contributed by atoms with Gasteiger partial charge in [-0.3, -0.25) is 9.59 Å². The zero-order chi connectivity index (χ0) is 24.1. The van der Waals surface area contributed by atoms with Gasteiger partial charge in [0.1, 0.15) is 5.60 Å². The highest BCUT2D eigenvalue weighted by Crippen LogP contribution is 2.22. The number of nitrogens with one attached hydrogen (secondary N) is 2. The van der Waals surface area contributed by atoms with Crippen molar-refractivity contribution in [2.75, 3.05) is 26.2 Å². The van der Waals surface area contributed by atoms with Crippen molar-refractivity contribution in [3.8, 4) is 0 Å². The Hall–Kier alpha value is -2.61. The normalized spacial score (nSPS) is 18.9. The van der Waals surface area contributed by atoms with Crippen molar-refractivity contribution < 1.29 is 24.2 Å². The SMILES string of the molecule is CC(C)(C)OC(=O)N1C[C@H](CNC(=O)CCNC(=O)c2ccc(C(C)(C)C)cc2)[C@H](O)C1. The molecule has 2 rings (SSSR count). The predicted octanol–water partition coefficient (Wildman–Crippen LogP) is 2.45. The van der Waals surface area contributed by atoms with Crippen LogP contribution in [0.4, 0.5) is 4.79 Å². The van der Waals surface area contributed by atoms with Crippen LogP contribution in [0.2, 0.25) is 0 Å². The lowest BCUT2D eigenvalue weighted by molar-refractivity contribution is -0.121. The number of amides is 3. The van der Waals surface area contributed by atoms with Gasteiger partial charge in [0, 0.05) is 37.5 Å². The highest BCUT2D eigenvalue weighted by atomic mass is 16.6. The molecule has 1 fully saturated rings. The lowest BCUT2D eigenvalue weighted by Crippen LogP contribution is -2.37. The summed E-state index contributed by atoms with van der Waals surface area (Å²) in [6, 6.07) is 7.45. The van der Waals surface area contributed by atoms with Crippen LogP contribution in [0.1, 0.15) is 63.9 Å². The first-order valence-corrected chi connectivity index (χ1v) is 11.1. The monoisotopic (exact) mass is 447 g/mol. The molecule has 2 atom stereocenters. The lowest BCUT2D eigenvalue weighted by atomic mass is 9.87. The van der Waals surface area contributed by atoms with E-state index in [1.165, 1.54) is 4.90 Å². The second-order valence-electron chi connectivity index (χ2n) is 10.4. The maximum atomic E-state index is 12.3. The van der Waals surface area contributed by atoms with Crippen molar-refractivity contribution in [2.24, 2.45) is 5.92 Å². The van der Waals surface area contributed by atoms with Crippen LogP contribution in [-0.4, -0.2) is 65.8 Å². The molecule has 1 aromatic rings. The second-order valence-corrected chi connectivity index (χ2v) is 10.4. The molecule has 0 spiro atoms. The van der Waals surface area contributed by atoms with Gasteiger partial charge in [-0.15, -0.1) is 0 Å². The third-order valence-corrected chi connectivity index (χ3v) is 5.27. The Morgan fingerprint density at radius 3 is 2.22 bits per heavy atom. The van der Waals surface area contributed by atoms with Crippen LogP contribution < -0.4 is 10.6 Å². The van der Waals surface area contributed by atoms with Gasteiger partial charge in [-0.25, -0.2) is 4.79 Å². The molecule has 1 heterocycles. The molecule has 0 aromatic heterocycles. The molecule has 0 bridgehead atoms. The Bertz CT molecular complexity index is 808. The van der Waals surface area contributed by atoms with Crippen LogP contribution in [0.3, 0.4) is 0 Å². The molecular formula is C24H37N3O5. The molecule has 1 aliphatic rings. The van der Waals surface area contributed by atoms with Crippen molar-refractivity contribution in [3.05, 3.63) is 35.4 Å². The van der Waals surface area contributed by atoms with Gasteiger partial charge in [0.15, 0.2) is 0 Å². The largest absolute Gasteiger partial charge is 0.444 e. The van der Waals surface area contributed by atoms with E-state index in [2.05, 4.69) is 31.4 Å². The van der Waals surface area contributed by atoms with Crippen molar-refractivity contribution in [1.29, 1.82) is 0 Å². The molecular weight excluding hydrogens is 410 g/mol. The summed E-state index contributed by atoms with van der Waals surface area (Å²) in [6.45, 7) is 12.7. The maximum absolute atomic E-state index is 12.3. The van der Waals surface area contributed by atoms with E-state index in [4.69, 9.17) is 4.74 Å². The molecule has 1 aliphatic heterocycles. The molecule has 0 radical (unpaired) electrons. The number of ether oxygens (including phenoxy) is 1. The molecule has 8 heteroatoms. The Labute approximate surface area is 190 Å². The zero-order valence-corrected chi connectivity index (χ0v) is 20.0. The fourth-order valence-corrected chi connectivity index (χ4v) is 3.38. The number of benzene rings is 1. The summed E-state index contributed by atoms with van der Waals surface area (Å²) >= 11 is 0. The summed E-state index contributed by atoms with van der Waals surface area (Å²) in [6.07, 6.45) is -1.06. The van der Waals surface area contributed by atoms with Gasteiger partial charge in [0.2, 0.25) is 5.91 Å². The summed E-state index contributed by atoms with van der Waals surface area (Å²) in [5.41, 5.74) is 1.11. The molecule has 0 unspecified atom stereocenters. The quantitative estimate of drug-likeness (QED) is 0.621. The van der Waals surface area contributed by atoms with Gasteiger partial charge in [0.05, 0.1) is 12.6 Å². The molecule has 3 amide bonds. The molecule has 1 saturated heterocycles. The average Bonchev–Trinajstić information content (AvgIpc) is 3.05. The van der Waals surface area contributed by atoms with Gasteiger partial charge < -0.3 is 25.4 Å². The van der Waals surface area contributed by atoms with Gasteiger partial charge in [0.25, 0.3) is 5.91 Å². The Morgan fingerprint density at radius 1 is 1.03 bits per heavy atom. The van der Waals surface area contributed by atoms with Crippen LogP contribution in [0.15, 0.2) is 24.3 Å². The number of carbonyl (C=O) groups excluding carboxylic acids is 3. The van der Waals surface area contributed by atoms with Gasteiger partial charge in [-0.2, -0.15) is 0 Å². The molecule has 3 N–H and O–H groups in total. The Morgan fingerprint density at radius 2 is 1.66 bits per heavy atom. The van der Waals surface area contributed by atoms with Crippen LogP contribution >= 0.6 is 0 Å². The first-order valence-electron chi connectivity index (χ1n) is 11.1. The Balaban J connectivity index is 1.71. The number of hydrogen-bond acceptors (Lipinski definition) is 5. The van der Waals surface area contributed by atoms with Crippen LogP contribution in [0, 0.1) is 5.92 Å². The second kappa shape index (κ2) is 10.3. The van der Waals surface area contributed by atoms with Gasteiger partial charge >= 0.3 is 6.09 Å². The smallest absolute Gasteiger partial charge is 0.410 e. The summed E-state index contributed by atoms with van der Waals surface area (Å²) in [5.74, 6) is -0.712. The van der Waals surface area contributed by atoms with E-state index >= 15 is 0 Å². The van der Waals surface area contributed by atoms with E-state index in [-0.39, 0.29) is 49.2 Å². The van der Waals surface area contributed by atoms with Crippen molar-refractivity contribution in [3.63, 3.8) is 0 Å². The fourth-order valence-electron chi connectivity index (χ4n) is 3.38. The van der Waals surface area contributed by atoms with Gasteiger partial charge in [-0.1, -0.05) is 32.9 Å². The zero-order valence-electron chi connectivity index (χ0n) is 20.0. The van der Waals surface area contributed by atoms with Crippen molar-refractivity contribution in [2.45, 2.75) is 65.1 Å².